The first-order valence-corrected chi connectivity index (χ1v) is 4.33. The number of morpholine rings is 1. The highest BCUT2D eigenvalue weighted by Gasteiger charge is 2.62. The molecule has 3 heterocycles. The topological polar surface area (TPSA) is 36.0 Å². The zero-order valence-corrected chi connectivity index (χ0v) is 7.83. The van der Waals surface area contributed by atoms with Gasteiger partial charge in [0.15, 0.2) is 0 Å². The van der Waals surface area contributed by atoms with E-state index in [4.69, 9.17) is 4.74 Å². The Kier molecular flexibility index (Phi) is 1.88. The molecule has 0 aliphatic carbocycles. The molecule has 0 radical (unpaired) electrons. The molecule has 70 valence electrons. The maximum Gasteiger partial charge on any atom is 0.101 e. The molecule has 0 aromatic carbocycles. The zero-order chi connectivity index (χ0) is 7.59. The van der Waals surface area contributed by atoms with Crippen LogP contribution in [-0.4, -0.2) is 47.4 Å². The van der Waals surface area contributed by atoms with E-state index in [1.807, 2.05) is 0 Å². The molecule has 2 bridgehead atoms. The molecule has 3 saturated heterocycles. The Labute approximate surface area is 78.1 Å². The fraction of sp³-hybridized carbons (Fsp3) is 1.00. The van der Waals surface area contributed by atoms with Crippen molar-refractivity contribution < 1.29 is 9.84 Å². The summed E-state index contributed by atoms with van der Waals surface area (Å²) in [6, 6.07) is 1.02. The lowest BCUT2D eigenvalue weighted by atomic mass is 10.00. The highest BCUT2D eigenvalue weighted by molar-refractivity contribution is 5.85. The van der Waals surface area contributed by atoms with Crippen molar-refractivity contribution in [3.8, 4) is 0 Å². The second kappa shape index (κ2) is 2.58. The summed E-state index contributed by atoms with van der Waals surface area (Å²) in [5, 5.41) is 9.46. The molecule has 4 heteroatoms. The Balaban J connectivity index is 0.000000563. The Bertz CT molecular complexity index is 183. The van der Waals surface area contributed by atoms with Crippen molar-refractivity contribution in [3.63, 3.8) is 0 Å². The molecule has 2 unspecified atom stereocenters. The van der Waals surface area contributed by atoms with E-state index in [9.17, 15) is 5.11 Å². The van der Waals surface area contributed by atoms with Crippen LogP contribution in [0.4, 0.5) is 0 Å². The molecular weight excluding hydrogens is 178 g/mol. The third kappa shape index (κ3) is 0.940. The molecule has 0 aromatic rings. The summed E-state index contributed by atoms with van der Waals surface area (Å²) in [5.41, 5.74) is 0. The lowest BCUT2D eigenvalue weighted by Crippen LogP contribution is -2.46. The van der Waals surface area contributed by atoms with Crippen LogP contribution < -0.4 is 0 Å². The van der Waals surface area contributed by atoms with Gasteiger partial charge in [0.05, 0.1) is 6.10 Å². The Morgan fingerprint density at radius 3 is 2.25 bits per heavy atom. The predicted molar refractivity (Wildman–Crippen MR) is 46.5 cm³/mol. The minimum absolute atomic E-state index is 0. The lowest BCUT2D eigenvalue weighted by molar-refractivity contribution is 0.00149. The molecule has 3 fully saturated rings. The van der Waals surface area contributed by atoms with Gasteiger partial charge in [0.2, 0.25) is 0 Å². The van der Waals surface area contributed by atoms with E-state index in [2.05, 4.69) is 11.9 Å². The number of nitrogens with zero attached hydrogens (tertiary/aromatic N) is 1. The molecule has 5 atom stereocenters. The van der Waals surface area contributed by atoms with Crippen LogP contribution in [0.15, 0.2) is 0 Å². The number of halogens is 1. The first kappa shape index (κ1) is 8.75. The molecule has 3 aliphatic heterocycles. The number of hydrogen-bond donors (Lipinski definition) is 1. The summed E-state index contributed by atoms with van der Waals surface area (Å²) in [7, 11) is 2.15. The van der Waals surface area contributed by atoms with Crippen LogP contribution in [0.1, 0.15) is 12.8 Å². The molecule has 0 spiro atoms. The van der Waals surface area contributed by atoms with Crippen molar-refractivity contribution in [1.29, 1.82) is 0 Å². The number of likely N-dealkylation sites (N-methyl/N-ethyl adjacent to an activating group) is 1. The van der Waals surface area contributed by atoms with Gasteiger partial charge in [-0.15, -0.1) is 12.4 Å². The average molecular weight is 192 g/mol. The Morgan fingerprint density at radius 2 is 1.75 bits per heavy atom. The molecule has 3 aliphatic rings. The number of aliphatic hydroxyl groups excluding tert-OH is 1. The highest BCUT2D eigenvalue weighted by atomic mass is 35.5. The van der Waals surface area contributed by atoms with E-state index in [0.717, 1.165) is 12.8 Å². The van der Waals surface area contributed by atoms with Crippen LogP contribution in [0.5, 0.6) is 0 Å². The van der Waals surface area contributed by atoms with Gasteiger partial charge in [-0.2, -0.15) is 0 Å². The number of rotatable bonds is 0. The average Bonchev–Trinajstić information content (AvgIpc) is 2.66. The molecule has 0 aromatic heterocycles. The molecule has 3 rings (SSSR count). The number of aliphatic hydroxyl groups is 1. The quantitative estimate of drug-likeness (QED) is 0.549. The number of piperidine rings is 1. The van der Waals surface area contributed by atoms with Crippen molar-refractivity contribution in [3.05, 3.63) is 0 Å². The second-order valence-corrected chi connectivity index (χ2v) is 3.99. The van der Waals surface area contributed by atoms with Gasteiger partial charge >= 0.3 is 0 Å². The Hall–Kier alpha value is 0.170. The monoisotopic (exact) mass is 191 g/mol. The molecule has 12 heavy (non-hydrogen) atoms. The largest absolute Gasteiger partial charge is 0.393 e. The lowest BCUT2D eigenvalue weighted by Gasteiger charge is -2.36. The van der Waals surface area contributed by atoms with E-state index in [1.54, 1.807) is 0 Å². The maximum absolute atomic E-state index is 9.46. The van der Waals surface area contributed by atoms with Gasteiger partial charge < -0.3 is 9.84 Å². The summed E-state index contributed by atoms with van der Waals surface area (Å²) in [4.78, 5) is 2.38. The fourth-order valence-corrected chi connectivity index (χ4v) is 2.72. The van der Waals surface area contributed by atoms with Gasteiger partial charge in [0.1, 0.15) is 12.2 Å². The first-order chi connectivity index (χ1) is 5.27. The van der Waals surface area contributed by atoms with Crippen molar-refractivity contribution in [2.75, 3.05) is 7.05 Å². The molecule has 1 N–H and O–H groups in total. The van der Waals surface area contributed by atoms with Crippen molar-refractivity contribution in [1.82, 2.24) is 4.90 Å². The van der Waals surface area contributed by atoms with Crippen LogP contribution in [0, 0.1) is 0 Å². The smallest absolute Gasteiger partial charge is 0.101 e. The zero-order valence-electron chi connectivity index (χ0n) is 7.01. The SMILES string of the molecule is CN1C2CC(O)C[C@@H]1[C@@H]1O[C@H]21.Cl. The van der Waals surface area contributed by atoms with E-state index >= 15 is 0 Å². The minimum Gasteiger partial charge on any atom is -0.393 e. The van der Waals surface area contributed by atoms with Crippen LogP contribution in [0.3, 0.4) is 0 Å². The van der Waals surface area contributed by atoms with E-state index < -0.39 is 0 Å². The van der Waals surface area contributed by atoms with Gasteiger partial charge in [-0.05, 0) is 19.9 Å². The normalized spacial score (nSPS) is 56.0. The summed E-state index contributed by atoms with van der Waals surface area (Å²) in [6.07, 6.45) is 2.67. The number of epoxide rings is 1. The molecule has 3 nitrogen and oxygen atoms in total. The van der Waals surface area contributed by atoms with Crippen LogP contribution in [-0.2, 0) is 4.74 Å². The Morgan fingerprint density at radius 1 is 1.25 bits per heavy atom. The van der Waals surface area contributed by atoms with Crippen molar-refractivity contribution >= 4 is 12.4 Å². The van der Waals surface area contributed by atoms with Gasteiger partial charge in [-0.25, -0.2) is 0 Å². The third-order valence-electron chi connectivity index (χ3n) is 3.39. The number of hydrogen-bond acceptors (Lipinski definition) is 3. The van der Waals surface area contributed by atoms with Gasteiger partial charge in [0, 0.05) is 12.1 Å². The summed E-state index contributed by atoms with van der Waals surface area (Å²) in [6.45, 7) is 0. The van der Waals surface area contributed by atoms with Gasteiger partial charge in [0.25, 0.3) is 0 Å². The maximum atomic E-state index is 9.46. The van der Waals surface area contributed by atoms with Crippen molar-refractivity contribution in [2.45, 2.75) is 43.2 Å². The van der Waals surface area contributed by atoms with E-state index in [0.29, 0.717) is 24.3 Å². The van der Waals surface area contributed by atoms with E-state index in [-0.39, 0.29) is 18.5 Å². The summed E-state index contributed by atoms with van der Waals surface area (Å²) < 4.78 is 5.49. The standard InChI is InChI=1S/C8H13NO2.ClH/c1-9-5-2-4(10)3-6(9)8-7(5)11-8;/h4-8,10H,2-3H2,1H3;1H/t4?,5-,6?,7+,8-;/m1./s1. The van der Waals surface area contributed by atoms with Crippen LogP contribution in [0.2, 0.25) is 0 Å². The molecule has 0 saturated carbocycles. The number of ether oxygens (including phenoxy) is 1. The van der Waals surface area contributed by atoms with Crippen LogP contribution in [0.25, 0.3) is 0 Å². The molecular formula is C8H14ClNO2. The first-order valence-electron chi connectivity index (χ1n) is 4.33. The summed E-state index contributed by atoms with van der Waals surface area (Å²) >= 11 is 0. The summed E-state index contributed by atoms with van der Waals surface area (Å²) in [5.74, 6) is 0. The number of fused-ring (bicyclic) bond motifs is 5. The van der Waals surface area contributed by atoms with Crippen LogP contribution >= 0.6 is 12.4 Å². The van der Waals surface area contributed by atoms with E-state index in [1.165, 1.54) is 0 Å². The van der Waals surface area contributed by atoms with Gasteiger partial charge in [-0.1, -0.05) is 0 Å². The minimum atomic E-state index is -0.0717. The fourth-order valence-electron chi connectivity index (χ4n) is 2.72. The van der Waals surface area contributed by atoms with Crippen molar-refractivity contribution in [2.24, 2.45) is 0 Å². The second-order valence-electron chi connectivity index (χ2n) is 3.99. The predicted octanol–water partition coefficient (Wildman–Crippen LogP) is 0.0129. The van der Waals surface area contributed by atoms with Gasteiger partial charge in [-0.3, -0.25) is 4.90 Å². The highest BCUT2D eigenvalue weighted by Crippen LogP contribution is 2.47. The third-order valence-corrected chi connectivity index (χ3v) is 3.39. The molecule has 0 amide bonds.